The van der Waals surface area contributed by atoms with Crippen LogP contribution >= 0.6 is 11.6 Å². The molecule has 3 rings (SSSR count). The van der Waals surface area contributed by atoms with Crippen molar-refractivity contribution >= 4 is 17.5 Å². The van der Waals surface area contributed by atoms with Gasteiger partial charge in [-0.15, -0.1) is 0 Å². The van der Waals surface area contributed by atoms with Crippen molar-refractivity contribution in [3.8, 4) is 0 Å². The van der Waals surface area contributed by atoms with E-state index in [1.165, 1.54) is 0 Å². The van der Waals surface area contributed by atoms with Crippen LogP contribution in [0.1, 0.15) is 5.56 Å². The van der Waals surface area contributed by atoms with Gasteiger partial charge in [-0.25, -0.2) is 0 Å². The van der Waals surface area contributed by atoms with Crippen molar-refractivity contribution in [1.82, 2.24) is 10.2 Å². The Bertz CT molecular complexity index is 448. The van der Waals surface area contributed by atoms with Crippen molar-refractivity contribution in [2.75, 3.05) is 26.3 Å². The van der Waals surface area contributed by atoms with Gasteiger partial charge in [-0.1, -0.05) is 23.7 Å². The summed E-state index contributed by atoms with van der Waals surface area (Å²) >= 11 is 5.89. The zero-order valence-corrected chi connectivity index (χ0v) is 10.0. The minimum Gasteiger partial charge on any atom is -0.367 e. The molecule has 4 nitrogen and oxygen atoms in total. The van der Waals surface area contributed by atoms with E-state index in [1.807, 2.05) is 29.2 Å². The third kappa shape index (κ3) is 1.64. The molecule has 0 radical (unpaired) electrons. The summed E-state index contributed by atoms with van der Waals surface area (Å²) in [5, 5.41) is 4.07. The Hall–Kier alpha value is -1.10. The first-order chi connectivity index (χ1) is 8.22. The first-order valence-corrected chi connectivity index (χ1v) is 5.99. The van der Waals surface area contributed by atoms with Crippen molar-refractivity contribution in [2.45, 2.75) is 5.66 Å². The SMILES string of the molecule is O=C1COCC2(c3ccc(Cl)cc3)NCCN12. The zero-order chi connectivity index (χ0) is 11.9. The van der Waals surface area contributed by atoms with Gasteiger partial charge in [-0.3, -0.25) is 10.1 Å². The smallest absolute Gasteiger partial charge is 0.250 e. The van der Waals surface area contributed by atoms with Gasteiger partial charge < -0.3 is 9.64 Å². The van der Waals surface area contributed by atoms with E-state index >= 15 is 0 Å². The van der Waals surface area contributed by atoms with Crippen molar-refractivity contribution in [2.24, 2.45) is 0 Å². The second-order valence-corrected chi connectivity index (χ2v) is 4.77. The molecule has 0 aliphatic carbocycles. The van der Waals surface area contributed by atoms with Crippen molar-refractivity contribution in [1.29, 1.82) is 0 Å². The number of nitrogens with one attached hydrogen (secondary N) is 1. The minimum absolute atomic E-state index is 0.0381. The Morgan fingerprint density at radius 3 is 2.88 bits per heavy atom. The monoisotopic (exact) mass is 252 g/mol. The normalized spacial score (nSPS) is 28.3. The van der Waals surface area contributed by atoms with Crippen LogP contribution in [0.25, 0.3) is 0 Å². The van der Waals surface area contributed by atoms with E-state index in [2.05, 4.69) is 5.32 Å². The van der Waals surface area contributed by atoms with Gasteiger partial charge in [0.15, 0.2) is 0 Å². The van der Waals surface area contributed by atoms with Crippen molar-refractivity contribution in [3.63, 3.8) is 0 Å². The number of hydrogen-bond acceptors (Lipinski definition) is 3. The second kappa shape index (κ2) is 3.98. The van der Waals surface area contributed by atoms with E-state index in [4.69, 9.17) is 16.3 Å². The van der Waals surface area contributed by atoms with E-state index < -0.39 is 5.66 Å². The summed E-state index contributed by atoms with van der Waals surface area (Å²) in [6.45, 7) is 2.18. The van der Waals surface area contributed by atoms with Gasteiger partial charge in [-0.05, 0) is 17.7 Å². The summed E-state index contributed by atoms with van der Waals surface area (Å²) in [7, 11) is 0. The first-order valence-electron chi connectivity index (χ1n) is 5.62. The van der Waals surface area contributed by atoms with E-state index in [-0.39, 0.29) is 12.5 Å². The molecule has 2 saturated heterocycles. The number of hydrogen-bond donors (Lipinski definition) is 1. The topological polar surface area (TPSA) is 41.6 Å². The highest BCUT2D eigenvalue weighted by Crippen LogP contribution is 2.33. The summed E-state index contributed by atoms with van der Waals surface area (Å²) in [5.74, 6) is 0.0381. The fourth-order valence-electron chi connectivity index (χ4n) is 2.56. The number of carbonyl (C=O) groups is 1. The molecular formula is C12H13ClN2O2. The molecule has 1 N–H and O–H groups in total. The van der Waals surface area contributed by atoms with Crippen LogP contribution in [0.15, 0.2) is 24.3 Å². The van der Waals surface area contributed by atoms with E-state index in [9.17, 15) is 4.79 Å². The molecule has 2 heterocycles. The highest BCUT2D eigenvalue weighted by atomic mass is 35.5. The Morgan fingerprint density at radius 1 is 1.35 bits per heavy atom. The highest BCUT2D eigenvalue weighted by Gasteiger charge is 2.47. The van der Waals surface area contributed by atoms with Gasteiger partial charge in [0.1, 0.15) is 12.3 Å². The molecular weight excluding hydrogens is 240 g/mol. The number of benzene rings is 1. The second-order valence-electron chi connectivity index (χ2n) is 4.33. The number of fused-ring (bicyclic) bond motifs is 1. The average Bonchev–Trinajstić information content (AvgIpc) is 2.76. The van der Waals surface area contributed by atoms with Gasteiger partial charge in [0, 0.05) is 18.1 Å². The van der Waals surface area contributed by atoms with Crippen LogP contribution in [0.4, 0.5) is 0 Å². The molecule has 1 atom stereocenters. The predicted molar refractivity (Wildman–Crippen MR) is 63.7 cm³/mol. The fourth-order valence-corrected chi connectivity index (χ4v) is 2.68. The fraction of sp³-hybridized carbons (Fsp3) is 0.417. The molecule has 2 aliphatic heterocycles. The zero-order valence-electron chi connectivity index (χ0n) is 9.28. The summed E-state index contributed by atoms with van der Waals surface area (Å²) in [6.07, 6.45) is 0. The molecule has 17 heavy (non-hydrogen) atoms. The standard InChI is InChI=1S/C12H13ClN2O2/c13-10-3-1-9(2-4-10)12-8-17-7-11(16)15(12)6-5-14-12/h1-4,14H,5-8H2. The number of carbonyl (C=O) groups excluding carboxylic acids is 1. The lowest BCUT2D eigenvalue weighted by Gasteiger charge is -2.41. The van der Waals surface area contributed by atoms with Crippen LogP contribution in [-0.4, -0.2) is 37.1 Å². The lowest BCUT2D eigenvalue weighted by molar-refractivity contribution is -0.156. The van der Waals surface area contributed by atoms with E-state index in [0.29, 0.717) is 11.6 Å². The Balaban J connectivity index is 2.03. The maximum absolute atomic E-state index is 11.9. The lowest BCUT2D eigenvalue weighted by Crippen LogP contribution is -2.58. The van der Waals surface area contributed by atoms with Gasteiger partial charge in [0.05, 0.1) is 6.61 Å². The first kappa shape index (κ1) is 11.0. The number of nitrogens with zero attached hydrogens (tertiary/aromatic N) is 1. The predicted octanol–water partition coefficient (Wildman–Crippen LogP) is 0.955. The number of amides is 1. The summed E-state index contributed by atoms with van der Waals surface area (Å²) < 4.78 is 5.40. The largest absolute Gasteiger partial charge is 0.367 e. The number of rotatable bonds is 1. The average molecular weight is 253 g/mol. The molecule has 1 unspecified atom stereocenters. The summed E-state index contributed by atoms with van der Waals surface area (Å²) in [5.41, 5.74) is 0.521. The summed E-state index contributed by atoms with van der Waals surface area (Å²) in [4.78, 5) is 13.7. The molecule has 0 bridgehead atoms. The van der Waals surface area contributed by atoms with Crippen LogP contribution in [0.5, 0.6) is 0 Å². The molecule has 0 saturated carbocycles. The number of halogens is 1. The molecule has 1 aromatic carbocycles. The molecule has 5 heteroatoms. The van der Waals surface area contributed by atoms with Crippen LogP contribution < -0.4 is 5.32 Å². The lowest BCUT2D eigenvalue weighted by atomic mass is 9.98. The summed E-state index contributed by atoms with van der Waals surface area (Å²) in [6, 6.07) is 7.55. The van der Waals surface area contributed by atoms with Crippen LogP contribution in [-0.2, 0) is 15.2 Å². The number of morpholine rings is 1. The van der Waals surface area contributed by atoms with Gasteiger partial charge >= 0.3 is 0 Å². The third-order valence-corrected chi connectivity index (χ3v) is 3.62. The van der Waals surface area contributed by atoms with Crippen molar-refractivity contribution < 1.29 is 9.53 Å². The quantitative estimate of drug-likeness (QED) is 0.809. The third-order valence-electron chi connectivity index (χ3n) is 3.37. The highest BCUT2D eigenvalue weighted by molar-refractivity contribution is 6.30. The van der Waals surface area contributed by atoms with E-state index in [0.717, 1.165) is 18.7 Å². The molecule has 2 aliphatic rings. The molecule has 1 aromatic rings. The van der Waals surface area contributed by atoms with Crippen LogP contribution in [0.3, 0.4) is 0 Å². The van der Waals surface area contributed by atoms with Gasteiger partial charge in [0.25, 0.3) is 0 Å². The molecule has 0 aromatic heterocycles. The molecule has 0 spiro atoms. The van der Waals surface area contributed by atoms with E-state index in [1.54, 1.807) is 0 Å². The molecule has 90 valence electrons. The Kier molecular flexibility index (Phi) is 2.58. The van der Waals surface area contributed by atoms with Gasteiger partial charge in [0.2, 0.25) is 5.91 Å². The van der Waals surface area contributed by atoms with Crippen LogP contribution in [0.2, 0.25) is 5.02 Å². The minimum atomic E-state index is -0.500. The maximum Gasteiger partial charge on any atom is 0.250 e. The number of ether oxygens (including phenoxy) is 1. The Labute approximate surface area is 104 Å². The maximum atomic E-state index is 11.9. The Morgan fingerprint density at radius 2 is 2.12 bits per heavy atom. The molecule has 1 amide bonds. The molecule has 2 fully saturated rings. The van der Waals surface area contributed by atoms with Gasteiger partial charge in [-0.2, -0.15) is 0 Å². The van der Waals surface area contributed by atoms with Crippen molar-refractivity contribution in [3.05, 3.63) is 34.9 Å². The van der Waals surface area contributed by atoms with Crippen LogP contribution in [0, 0.1) is 0 Å².